The summed E-state index contributed by atoms with van der Waals surface area (Å²) in [6, 6.07) is 21.0. The van der Waals surface area contributed by atoms with E-state index in [9.17, 15) is 9.18 Å². The summed E-state index contributed by atoms with van der Waals surface area (Å²) in [7, 11) is 0. The van der Waals surface area contributed by atoms with Gasteiger partial charge in [0.2, 0.25) is 0 Å². The standard InChI is InChI=1S/C25H22FN3O2S/c1-15-13-18(11-12-21(15)29-24(30)19-8-4-5-9-20(19)26)28-25(32)27-16(2)23-14-17-7-3-6-10-22(17)31-23/h3-14,16H,1-2H3,(H,29,30)(H2,27,28,32). The highest BCUT2D eigenvalue weighted by atomic mass is 32.1. The van der Waals surface area contributed by atoms with Crippen molar-refractivity contribution in [3.63, 3.8) is 0 Å². The SMILES string of the molecule is Cc1cc(NC(=S)NC(C)c2cc3ccccc3o2)ccc1NC(=O)c1ccccc1F. The second kappa shape index (κ2) is 9.20. The topological polar surface area (TPSA) is 66.3 Å². The summed E-state index contributed by atoms with van der Waals surface area (Å²) < 4.78 is 19.7. The number of fused-ring (bicyclic) bond motifs is 1. The fourth-order valence-corrected chi connectivity index (χ4v) is 3.66. The first kappa shape index (κ1) is 21.5. The van der Waals surface area contributed by atoms with Crippen LogP contribution in [0.15, 0.2) is 77.2 Å². The van der Waals surface area contributed by atoms with Crippen molar-refractivity contribution >= 4 is 45.6 Å². The Morgan fingerprint density at radius 3 is 2.50 bits per heavy atom. The van der Waals surface area contributed by atoms with Gasteiger partial charge in [-0.1, -0.05) is 30.3 Å². The van der Waals surface area contributed by atoms with Crippen LogP contribution in [-0.4, -0.2) is 11.0 Å². The third kappa shape index (κ3) is 4.78. The largest absolute Gasteiger partial charge is 0.459 e. The number of rotatable bonds is 5. The summed E-state index contributed by atoms with van der Waals surface area (Å²) in [6.45, 7) is 3.83. The van der Waals surface area contributed by atoms with E-state index in [0.717, 1.165) is 28.0 Å². The molecule has 3 aromatic carbocycles. The minimum absolute atomic E-state index is 0.000876. The van der Waals surface area contributed by atoms with Crippen LogP contribution in [0.25, 0.3) is 11.0 Å². The molecule has 0 saturated carbocycles. The number of furan rings is 1. The lowest BCUT2D eigenvalue weighted by Crippen LogP contribution is -2.30. The van der Waals surface area contributed by atoms with Gasteiger partial charge in [-0.2, -0.15) is 0 Å². The summed E-state index contributed by atoms with van der Waals surface area (Å²) in [5.74, 6) is -0.266. The van der Waals surface area contributed by atoms with E-state index in [1.54, 1.807) is 24.3 Å². The van der Waals surface area contributed by atoms with Crippen LogP contribution in [0.2, 0.25) is 0 Å². The van der Waals surface area contributed by atoms with Gasteiger partial charge in [-0.05, 0) is 74.1 Å². The molecule has 0 aliphatic carbocycles. The number of hydrogen-bond donors (Lipinski definition) is 3. The fourth-order valence-electron chi connectivity index (χ4n) is 3.37. The molecule has 1 unspecified atom stereocenters. The number of carbonyl (C=O) groups excluding carboxylic acids is 1. The fraction of sp³-hybridized carbons (Fsp3) is 0.120. The molecule has 0 aliphatic heterocycles. The van der Waals surface area contributed by atoms with Crippen molar-refractivity contribution in [3.8, 4) is 0 Å². The van der Waals surface area contributed by atoms with Crippen LogP contribution in [0, 0.1) is 12.7 Å². The lowest BCUT2D eigenvalue weighted by atomic mass is 10.1. The van der Waals surface area contributed by atoms with Gasteiger partial charge in [0.1, 0.15) is 17.2 Å². The van der Waals surface area contributed by atoms with Crippen molar-refractivity contribution in [3.05, 3.63) is 95.5 Å². The van der Waals surface area contributed by atoms with Crippen LogP contribution in [0.5, 0.6) is 0 Å². The van der Waals surface area contributed by atoms with E-state index in [2.05, 4.69) is 16.0 Å². The van der Waals surface area contributed by atoms with E-state index in [4.69, 9.17) is 16.6 Å². The highest BCUT2D eigenvalue weighted by Crippen LogP contribution is 2.24. The Morgan fingerprint density at radius 2 is 1.75 bits per heavy atom. The molecule has 0 radical (unpaired) electrons. The summed E-state index contributed by atoms with van der Waals surface area (Å²) >= 11 is 5.44. The molecule has 0 bridgehead atoms. The van der Waals surface area contributed by atoms with Gasteiger partial charge in [0.25, 0.3) is 5.91 Å². The lowest BCUT2D eigenvalue weighted by molar-refractivity contribution is 0.102. The van der Waals surface area contributed by atoms with Crippen LogP contribution < -0.4 is 16.0 Å². The third-order valence-corrected chi connectivity index (χ3v) is 5.29. The lowest BCUT2D eigenvalue weighted by Gasteiger charge is -2.16. The van der Waals surface area contributed by atoms with Crippen LogP contribution in [-0.2, 0) is 0 Å². The number of benzene rings is 3. The quantitative estimate of drug-likeness (QED) is 0.319. The van der Waals surface area contributed by atoms with Gasteiger partial charge >= 0.3 is 0 Å². The Bertz CT molecular complexity index is 1270. The van der Waals surface area contributed by atoms with Gasteiger partial charge in [-0.15, -0.1) is 0 Å². The van der Waals surface area contributed by atoms with Crippen molar-refractivity contribution in [1.29, 1.82) is 0 Å². The molecule has 3 N–H and O–H groups in total. The Morgan fingerprint density at radius 1 is 1.00 bits per heavy atom. The summed E-state index contributed by atoms with van der Waals surface area (Å²) in [5.41, 5.74) is 3.00. The molecule has 4 aromatic rings. The molecule has 0 saturated heterocycles. The van der Waals surface area contributed by atoms with Gasteiger partial charge < -0.3 is 20.4 Å². The first-order chi connectivity index (χ1) is 15.4. The van der Waals surface area contributed by atoms with Gasteiger partial charge in [-0.3, -0.25) is 4.79 Å². The molecule has 162 valence electrons. The molecule has 32 heavy (non-hydrogen) atoms. The highest BCUT2D eigenvalue weighted by molar-refractivity contribution is 7.80. The predicted molar refractivity (Wildman–Crippen MR) is 130 cm³/mol. The maximum absolute atomic E-state index is 13.8. The van der Waals surface area contributed by atoms with Gasteiger partial charge in [0, 0.05) is 16.8 Å². The third-order valence-electron chi connectivity index (χ3n) is 5.07. The van der Waals surface area contributed by atoms with E-state index in [-0.39, 0.29) is 11.6 Å². The number of thiocarbonyl (C=S) groups is 1. The number of amides is 1. The minimum Gasteiger partial charge on any atom is -0.459 e. The molecule has 5 nitrogen and oxygen atoms in total. The van der Waals surface area contributed by atoms with Crippen LogP contribution >= 0.6 is 12.2 Å². The Kier molecular flexibility index (Phi) is 6.18. The molecule has 1 amide bonds. The molecule has 7 heteroatoms. The summed E-state index contributed by atoms with van der Waals surface area (Å²) in [4.78, 5) is 12.4. The molecular weight excluding hydrogens is 425 g/mol. The first-order valence-electron chi connectivity index (χ1n) is 10.1. The number of nitrogens with one attached hydrogen (secondary N) is 3. The highest BCUT2D eigenvalue weighted by Gasteiger charge is 2.14. The van der Waals surface area contributed by atoms with Crippen LogP contribution in [0.1, 0.15) is 34.6 Å². The zero-order chi connectivity index (χ0) is 22.7. The Labute approximate surface area is 190 Å². The average Bonchev–Trinajstić information content (AvgIpc) is 3.20. The van der Waals surface area contributed by atoms with E-state index in [0.29, 0.717) is 10.8 Å². The van der Waals surface area contributed by atoms with E-state index in [1.165, 1.54) is 12.1 Å². The first-order valence-corrected chi connectivity index (χ1v) is 10.5. The van der Waals surface area contributed by atoms with Crippen molar-refractivity contribution < 1.29 is 13.6 Å². The van der Waals surface area contributed by atoms with Crippen LogP contribution in [0.4, 0.5) is 15.8 Å². The number of carbonyl (C=O) groups is 1. The molecule has 1 aromatic heterocycles. The van der Waals surface area contributed by atoms with Crippen molar-refractivity contribution in [1.82, 2.24) is 5.32 Å². The predicted octanol–water partition coefficient (Wildman–Crippen LogP) is 6.18. The van der Waals surface area contributed by atoms with E-state index in [1.807, 2.05) is 50.2 Å². The van der Waals surface area contributed by atoms with Crippen molar-refractivity contribution in [2.45, 2.75) is 19.9 Å². The van der Waals surface area contributed by atoms with Gasteiger partial charge in [0.05, 0.1) is 11.6 Å². The van der Waals surface area contributed by atoms with Crippen molar-refractivity contribution in [2.24, 2.45) is 0 Å². The Balaban J connectivity index is 1.39. The molecule has 4 rings (SSSR count). The molecule has 0 fully saturated rings. The monoisotopic (exact) mass is 447 g/mol. The van der Waals surface area contributed by atoms with Gasteiger partial charge in [0.15, 0.2) is 5.11 Å². The zero-order valence-electron chi connectivity index (χ0n) is 17.6. The van der Waals surface area contributed by atoms with Crippen molar-refractivity contribution in [2.75, 3.05) is 10.6 Å². The number of halogens is 1. The molecule has 0 spiro atoms. The molecular formula is C25H22FN3O2S. The summed E-state index contributed by atoms with van der Waals surface area (Å²) in [5, 5.41) is 10.6. The second-order valence-corrected chi connectivity index (χ2v) is 7.88. The smallest absolute Gasteiger partial charge is 0.258 e. The molecule has 1 heterocycles. The van der Waals surface area contributed by atoms with E-state index >= 15 is 0 Å². The molecule has 1 atom stereocenters. The normalized spacial score (nSPS) is 11.7. The minimum atomic E-state index is -0.559. The summed E-state index contributed by atoms with van der Waals surface area (Å²) in [6.07, 6.45) is 0. The Hall–Kier alpha value is -3.71. The number of para-hydroxylation sites is 1. The maximum Gasteiger partial charge on any atom is 0.258 e. The second-order valence-electron chi connectivity index (χ2n) is 7.47. The zero-order valence-corrected chi connectivity index (χ0v) is 18.4. The number of hydrogen-bond acceptors (Lipinski definition) is 3. The number of aryl methyl sites for hydroxylation is 1. The maximum atomic E-state index is 13.8. The van der Waals surface area contributed by atoms with Gasteiger partial charge in [-0.25, -0.2) is 4.39 Å². The van der Waals surface area contributed by atoms with E-state index < -0.39 is 11.7 Å². The number of anilines is 2. The van der Waals surface area contributed by atoms with Crippen LogP contribution in [0.3, 0.4) is 0 Å². The molecule has 0 aliphatic rings. The average molecular weight is 448 g/mol.